The number of aryl methyl sites for hydroxylation is 1. The molecule has 1 aliphatic rings. The van der Waals surface area contributed by atoms with Gasteiger partial charge >= 0.3 is 0 Å². The van der Waals surface area contributed by atoms with Crippen molar-refractivity contribution < 1.29 is 4.79 Å². The molecule has 2 heterocycles. The Hall–Kier alpha value is -1.17. The third kappa shape index (κ3) is 3.65. The van der Waals surface area contributed by atoms with Crippen molar-refractivity contribution in [1.29, 1.82) is 0 Å². The van der Waals surface area contributed by atoms with Gasteiger partial charge in [-0.15, -0.1) is 0 Å². The average Bonchev–Trinajstić information content (AvgIpc) is 2.84. The molecule has 0 radical (unpaired) electrons. The number of thioether (sulfide) groups is 1. The zero-order valence-electron chi connectivity index (χ0n) is 11.8. The largest absolute Gasteiger partial charge is 0.367 e. The van der Waals surface area contributed by atoms with Crippen LogP contribution in [0.25, 0.3) is 0 Å². The van der Waals surface area contributed by atoms with Gasteiger partial charge in [0, 0.05) is 32.4 Å². The lowest BCUT2D eigenvalue weighted by Crippen LogP contribution is -2.49. The number of nitrogens with zero attached hydrogens (tertiary/aromatic N) is 3. The molecule has 5 nitrogen and oxygen atoms in total. The van der Waals surface area contributed by atoms with Crippen molar-refractivity contribution in [3.05, 3.63) is 12.4 Å². The summed E-state index contributed by atoms with van der Waals surface area (Å²) in [6.45, 7) is 3.86. The van der Waals surface area contributed by atoms with Crippen molar-refractivity contribution in [1.82, 2.24) is 15.1 Å². The molecule has 19 heavy (non-hydrogen) atoms. The van der Waals surface area contributed by atoms with Gasteiger partial charge in [0.2, 0.25) is 5.91 Å². The fourth-order valence-corrected chi connectivity index (χ4v) is 2.61. The second kappa shape index (κ2) is 6.32. The van der Waals surface area contributed by atoms with Gasteiger partial charge in [-0.25, -0.2) is 0 Å². The minimum Gasteiger partial charge on any atom is -0.367 e. The summed E-state index contributed by atoms with van der Waals surface area (Å²) in [5, 5.41) is 7.37. The Labute approximate surface area is 118 Å². The monoisotopic (exact) mass is 282 g/mol. The van der Waals surface area contributed by atoms with Gasteiger partial charge in [-0.3, -0.25) is 9.48 Å². The molecular formula is C13H22N4OS. The van der Waals surface area contributed by atoms with Gasteiger partial charge in [-0.1, -0.05) is 0 Å². The molecule has 6 heteroatoms. The normalized spacial score (nSPS) is 21.2. The number of aromatic nitrogens is 2. The maximum atomic E-state index is 11.9. The van der Waals surface area contributed by atoms with E-state index in [9.17, 15) is 4.79 Å². The van der Waals surface area contributed by atoms with Crippen LogP contribution in [0.3, 0.4) is 0 Å². The van der Waals surface area contributed by atoms with Crippen LogP contribution in [0.1, 0.15) is 19.8 Å². The summed E-state index contributed by atoms with van der Waals surface area (Å²) in [6, 6.07) is 0.246. The summed E-state index contributed by atoms with van der Waals surface area (Å²) < 4.78 is 1.81. The minimum atomic E-state index is 0.0220. The fourth-order valence-electron chi connectivity index (χ4n) is 2.33. The smallest absolute Gasteiger partial charge is 0.233 e. The van der Waals surface area contributed by atoms with Crippen LogP contribution in [-0.2, 0) is 11.8 Å². The SMILES string of the molecule is CS[C@@H](C)C(=O)N[C@@H]1CCCN(c2cnn(C)c2)C1. The van der Waals surface area contributed by atoms with Crippen molar-refractivity contribution in [2.24, 2.45) is 7.05 Å². The predicted octanol–water partition coefficient (Wildman–Crippen LogP) is 1.26. The third-order valence-electron chi connectivity index (χ3n) is 3.55. The van der Waals surface area contributed by atoms with Crippen LogP contribution in [0.15, 0.2) is 12.4 Å². The second-order valence-corrected chi connectivity index (χ2v) is 6.22. The Bertz CT molecular complexity index is 434. The molecule has 1 aliphatic heterocycles. The van der Waals surface area contributed by atoms with Gasteiger partial charge in [0.05, 0.1) is 17.1 Å². The summed E-state index contributed by atoms with van der Waals surface area (Å²) in [7, 11) is 1.92. The number of anilines is 1. The topological polar surface area (TPSA) is 50.2 Å². The van der Waals surface area contributed by atoms with Crippen LogP contribution in [0.4, 0.5) is 5.69 Å². The van der Waals surface area contributed by atoms with Gasteiger partial charge in [-0.05, 0) is 26.0 Å². The Morgan fingerprint density at radius 1 is 1.63 bits per heavy atom. The molecule has 1 saturated heterocycles. The first-order valence-electron chi connectivity index (χ1n) is 6.67. The van der Waals surface area contributed by atoms with Crippen LogP contribution in [0, 0.1) is 0 Å². The summed E-state index contributed by atoms with van der Waals surface area (Å²) in [6.07, 6.45) is 8.04. The van der Waals surface area contributed by atoms with Gasteiger partial charge in [0.1, 0.15) is 0 Å². The van der Waals surface area contributed by atoms with Gasteiger partial charge in [0.25, 0.3) is 0 Å². The van der Waals surface area contributed by atoms with E-state index in [1.807, 2.05) is 37.3 Å². The van der Waals surface area contributed by atoms with E-state index in [4.69, 9.17) is 0 Å². The van der Waals surface area contributed by atoms with Crippen molar-refractivity contribution in [2.45, 2.75) is 31.1 Å². The van der Waals surface area contributed by atoms with E-state index in [2.05, 4.69) is 15.3 Å². The van der Waals surface area contributed by atoms with Crippen molar-refractivity contribution in [2.75, 3.05) is 24.2 Å². The van der Waals surface area contributed by atoms with E-state index in [0.29, 0.717) is 0 Å². The quantitative estimate of drug-likeness (QED) is 0.903. The van der Waals surface area contributed by atoms with E-state index >= 15 is 0 Å². The molecule has 1 amide bonds. The number of carbonyl (C=O) groups excluding carboxylic acids is 1. The first-order valence-corrected chi connectivity index (χ1v) is 7.95. The molecule has 2 atom stereocenters. The first kappa shape index (κ1) is 14.2. The van der Waals surface area contributed by atoms with Gasteiger partial charge < -0.3 is 10.2 Å². The zero-order chi connectivity index (χ0) is 13.8. The first-order chi connectivity index (χ1) is 9.10. The molecule has 0 saturated carbocycles. The third-order valence-corrected chi connectivity index (χ3v) is 4.47. The molecule has 0 aromatic carbocycles. The van der Waals surface area contributed by atoms with E-state index < -0.39 is 0 Å². The number of hydrogen-bond acceptors (Lipinski definition) is 4. The van der Waals surface area contributed by atoms with Gasteiger partial charge in [0.15, 0.2) is 0 Å². The Balaban J connectivity index is 1.92. The van der Waals surface area contributed by atoms with Crippen molar-refractivity contribution >= 4 is 23.4 Å². The van der Waals surface area contributed by atoms with Gasteiger partial charge in [-0.2, -0.15) is 16.9 Å². The number of amides is 1. The summed E-state index contributed by atoms with van der Waals surface area (Å²) in [4.78, 5) is 14.2. The summed E-state index contributed by atoms with van der Waals surface area (Å²) >= 11 is 1.58. The maximum Gasteiger partial charge on any atom is 0.233 e. The Kier molecular flexibility index (Phi) is 4.74. The molecule has 1 aromatic rings. The molecule has 1 aromatic heterocycles. The standard InChI is InChI=1S/C13H22N4OS/c1-10(19-3)13(18)15-11-5-4-6-17(8-11)12-7-14-16(2)9-12/h7,9-11H,4-6,8H2,1-3H3,(H,15,18)/t10-,11+/m0/s1. The minimum absolute atomic E-state index is 0.0220. The number of rotatable bonds is 4. The fraction of sp³-hybridized carbons (Fsp3) is 0.692. The summed E-state index contributed by atoms with van der Waals surface area (Å²) in [5.74, 6) is 0.144. The van der Waals surface area contributed by atoms with Crippen molar-refractivity contribution in [3.63, 3.8) is 0 Å². The molecule has 106 valence electrons. The van der Waals surface area contributed by atoms with Crippen molar-refractivity contribution in [3.8, 4) is 0 Å². The highest BCUT2D eigenvalue weighted by Gasteiger charge is 2.23. The molecule has 0 bridgehead atoms. The number of hydrogen-bond donors (Lipinski definition) is 1. The molecule has 0 aliphatic carbocycles. The highest BCUT2D eigenvalue weighted by molar-refractivity contribution is 7.99. The molecule has 1 fully saturated rings. The summed E-state index contributed by atoms with van der Waals surface area (Å²) in [5.41, 5.74) is 1.14. The molecule has 1 N–H and O–H groups in total. The van der Waals surface area contributed by atoms with Crippen LogP contribution < -0.4 is 10.2 Å². The maximum absolute atomic E-state index is 11.9. The van der Waals surface area contributed by atoms with E-state index in [-0.39, 0.29) is 17.2 Å². The lowest BCUT2D eigenvalue weighted by molar-refractivity contribution is -0.121. The van der Waals surface area contributed by atoms with E-state index in [1.54, 1.807) is 11.8 Å². The van der Waals surface area contributed by atoms with E-state index in [1.165, 1.54) is 0 Å². The Morgan fingerprint density at radius 2 is 2.42 bits per heavy atom. The highest BCUT2D eigenvalue weighted by Crippen LogP contribution is 2.19. The number of carbonyl (C=O) groups is 1. The Morgan fingerprint density at radius 3 is 3.05 bits per heavy atom. The van der Waals surface area contributed by atoms with Crippen LogP contribution in [-0.4, -0.2) is 46.3 Å². The lowest BCUT2D eigenvalue weighted by Gasteiger charge is -2.34. The van der Waals surface area contributed by atoms with Crippen LogP contribution in [0.2, 0.25) is 0 Å². The second-order valence-electron chi connectivity index (χ2n) is 5.04. The lowest BCUT2D eigenvalue weighted by atomic mass is 10.1. The number of nitrogens with one attached hydrogen (secondary N) is 1. The van der Waals surface area contributed by atoms with Crippen LogP contribution in [0.5, 0.6) is 0 Å². The number of piperidine rings is 1. The van der Waals surface area contributed by atoms with E-state index in [0.717, 1.165) is 31.6 Å². The molecule has 0 unspecified atom stereocenters. The molecular weight excluding hydrogens is 260 g/mol. The highest BCUT2D eigenvalue weighted by atomic mass is 32.2. The average molecular weight is 282 g/mol. The molecule has 0 spiro atoms. The predicted molar refractivity (Wildman–Crippen MR) is 79.6 cm³/mol. The zero-order valence-corrected chi connectivity index (χ0v) is 12.6. The molecule has 2 rings (SSSR count). The van der Waals surface area contributed by atoms with Crippen LogP contribution >= 0.6 is 11.8 Å².